The molecule has 1 aliphatic carbocycles. The van der Waals surface area contributed by atoms with Gasteiger partial charge in [0.2, 0.25) is 5.88 Å². The summed E-state index contributed by atoms with van der Waals surface area (Å²) in [5.41, 5.74) is 2.38. The predicted molar refractivity (Wildman–Crippen MR) is 119 cm³/mol. The molecule has 1 saturated carbocycles. The number of halogens is 1. The highest BCUT2D eigenvalue weighted by atomic mass is 127. The number of guanidine groups is 1. The SMILES string of the molecule is CCNC(=NCc1ccsc1)NCc1ccnc(OC2CCCC2)c1.I. The van der Waals surface area contributed by atoms with E-state index in [1.165, 1.54) is 18.4 Å². The van der Waals surface area contributed by atoms with Gasteiger partial charge in [-0.15, -0.1) is 24.0 Å². The number of ether oxygens (including phenoxy) is 1. The molecule has 0 radical (unpaired) electrons. The first-order valence-electron chi connectivity index (χ1n) is 8.98. The van der Waals surface area contributed by atoms with Gasteiger partial charge in [0.05, 0.1) is 6.54 Å². The monoisotopic (exact) mass is 486 g/mol. The molecule has 2 aromatic heterocycles. The van der Waals surface area contributed by atoms with Crippen molar-refractivity contribution in [2.75, 3.05) is 6.54 Å². The van der Waals surface area contributed by atoms with Crippen molar-refractivity contribution in [2.24, 2.45) is 4.99 Å². The van der Waals surface area contributed by atoms with Crippen molar-refractivity contribution in [3.8, 4) is 5.88 Å². The number of rotatable bonds is 7. The second kappa shape index (κ2) is 11.4. The summed E-state index contributed by atoms with van der Waals surface area (Å²) in [6, 6.07) is 6.14. The van der Waals surface area contributed by atoms with Crippen LogP contribution in [0.5, 0.6) is 5.88 Å². The van der Waals surface area contributed by atoms with Gasteiger partial charge in [-0.1, -0.05) is 0 Å². The number of aromatic nitrogens is 1. The van der Waals surface area contributed by atoms with Crippen LogP contribution >= 0.6 is 35.3 Å². The van der Waals surface area contributed by atoms with Crippen molar-refractivity contribution in [3.63, 3.8) is 0 Å². The molecule has 1 fully saturated rings. The molecule has 0 aromatic carbocycles. The molecule has 26 heavy (non-hydrogen) atoms. The van der Waals surface area contributed by atoms with Crippen LogP contribution in [0.25, 0.3) is 0 Å². The molecule has 7 heteroatoms. The quantitative estimate of drug-likeness (QED) is 0.348. The highest BCUT2D eigenvalue weighted by Gasteiger charge is 2.17. The summed E-state index contributed by atoms with van der Waals surface area (Å²) in [7, 11) is 0. The van der Waals surface area contributed by atoms with Crippen LogP contribution in [0, 0.1) is 0 Å². The van der Waals surface area contributed by atoms with Crippen LogP contribution in [0.15, 0.2) is 40.1 Å². The van der Waals surface area contributed by atoms with Gasteiger partial charge in [0.15, 0.2) is 5.96 Å². The fourth-order valence-electron chi connectivity index (χ4n) is 2.88. The Labute approximate surface area is 176 Å². The van der Waals surface area contributed by atoms with Crippen LogP contribution in [-0.4, -0.2) is 23.6 Å². The minimum Gasteiger partial charge on any atom is -0.474 e. The zero-order valence-corrected chi connectivity index (χ0v) is 18.3. The summed E-state index contributed by atoms with van der Waals surface area (Å²) in [6.07, 6.45) is 6.96. The maximum atomic E-state index is 5.98. The van der Waals surface area contributed by atoms with Gasteiger partial charge in [-0.05, 0) is 66.6 Å². The maximum Gasteiger partial charge on any atom is 0.213 e. The standard InChI is InChI=1S/C19H26N4OS.HI/c1-2-20-19(23-13-16-8-10-25-14-16)22-12-15-7-9-21-18(11-15)24-17-5-3-4-6-17;/h7-11,14,17H,2-6,12-13H2,1H3,(H2,20,22,23);1H. The Morgan fingerprint density at radius 1 is 1.27 bits per heavy atom. The topological polar surface area (TPSA) is 58.5 Å². The fraction of sp³-hybridized carbons (Fsp3) is 0.474. The summed E-state index contributed by atoms with van der Waals surface area (Å²) < 4.78 is 5.98. The van der Waals surface area contributed by atoms with Crippen molar-refractivity contribution < 1.29 is 4.74 Å². The highest BCUT2D eigenvalue weighted by molar-refractivity contribution is 14.0. The van der Waals surface area contributed by atoms with E-state index in [0.717, 1.165) is 36.8 Å². The number of thiophene rings is 1. The van der Waals surface area contributed by atoms with Crippen LogP contribution in [0.2, 0.25) is 0 Å². The molecule has 0 atom stereocenters. The fourth-order valence-corrected chi connectivity index (χ4v) is 3.54. The van der Waals surface area contributed by atoms with Crippen molar-refractivity contribution in [1.29, 1.82) is 0 Å². The molecule has 2 aromatic rings. The van der Waals surface area contributed by atoms with Crippen LogP contribution in [0.1, 0.15) is 43.7 Å². The lowest BCUT2D eigenvalue weighted by molar-refractivity contribution is 0.201. The Morgan fingerprint density at radius 2 is 2.12 bits per heavy atom. The van der Waals surface area contributed by atoms with Crippen molar-refractivity contribution in [1.82, 2.24) is 15.6 Å². The first-order valence-corrected chi connectivity index (χ1v) is 9.92. The molecular formula is C19H27IN4OS. The van der Waals surface area contributed by atoms with E-state index in [1.807, 2.05) is 18.3 Å². The smallest absolute Gasteiger partial charge is 0.213 e. The van der Waals surface area contributed by atoms with E-state index in [0.29, 0.717) is 19.2 Å². The van der Waals surface area contributed by atoms with Gasteiger partial charge >= 0.3 is 0 Å². The highest BCUT2D eigenvalue weighted by Crippen LogP contribution is 2.23. The largest absolute Gasteiger partial charge is 0.474 e. The van der Waals surface area contributed by atoms with Crippen molar-refractivity contribution >= 4 is 41.3 Å². The predicted octanol–water partition coefficient (Wildman–Crippen LogP) is 4.34. The Hall–Kier alpha value is -1.35. The van der Waals surface area contributed by atoms with Crippen molar-refractivity contribution in [2.45, 2.75) is 51.8 Å². The van der Waals surface area contributed by atoms with Gasteiger partial charge in [0.1, 0.15) is 6.10 Å². The number of hydrogen-bond donors (Lipinski definition) is 2. The van der Waals surface area contributed by atoms with Gasteiger partial charge in [-0.2, -0.15) is 11.3 Å². The van der Waals surface area contributed by atoms with Gasteiger partial charge < -0.3 is 15.4 Å². The molecule has 0 aliphatic heterocycles. The number of hydrogen-bond acceptors (Lipinski definition) is 4. The Kier molecular flexibility index (Phi) is 9.17. The van der Waals surface area contributed by atoms with E-state index in [2.05, 4.69) is 44.4 Å². The molecular weight excluding hydrogens is 459 g/mol. The normalized spacial score (nSPS) is 14.7. The van der Waals surface area contributed by atoms with E-state index in [9.17, 15) is 0 Å². The molecule has 0 spiro atoms. The third-order valence-corrected chi connectivity index (χ3v) is 4.92. The minimum absolute atomic E-state index is 0. The summed E-state index contributed by atoms with van der Waals surface area (Å²) in [5, 5.41) is 10.9. The summed E-state index contributed by atoms with van der Waals surface area (Å²) in [6.45, 7) is 4.29. The van der Waals surface area contributed by atoms with E-state index in [4.69, 9.17) is 4.74 Å². The second-order valence-electron chi connectivity index (χ2n) is 6.21. The zero-order valence-electron chi connectivity index (χ0n) is 15.1. The average molecular weight is 486 g/mol. The summed E-state index contributed by atoms with van der Waals surface area (Å²) in [5.74, 6) is 1.55. The molecule has 0 unspecified atom stereocenters. The Balaban J connectivity index is 0.00000243. The molecule has 3 rings (SSSR count). The van der Waals surface area contributed by atoms with Gasteiger partial charge in [-0.25, -0.2) is 9.98 Å². The number of aliphatic imine (C=N–C) groups is 1. The molecule has 2 heterocycles. The number of nitrogens with one attached hydrogen (secondary N) is 2. The second-order valence-corrected chi connectivity index (χ2v) is 6.99. The average Bonchev–Trinajstić information content (AvgIpc) is 3.31. The van der Waals surface area contributed by atoms with E-state index in [-0.39, 0.29) is 24.0 Å². The first kappa shape index (κ1) is 21.0. The van der Waals surface area contributed by atoms with Crippen LogP contribution in [-0.2, 0) is 13.1 Å². The molecule has 1 aliphatic rings. The lowest BCUT2D eigenvalue weighted by atomic mass is 10.2. The molecule has 0 bridgehead atoms. The number of nitrogens with zero attached hydrogens (tertiary/aromatic N) is 2. The summed E-state index contributed by atoms with van der Waals surface area (Å²) in [4.78, 5) is 8.97. The third kappa shape index (κ3) is 6.75. The van der Waals surface area contributed by atoms with Gasteiger partial charge in [0.25, 0.3) is 0 Å². The first-order chi connectivity index (χ1) is 12.3. The molecule has 2 N–H and O–H groups in total. The van der Waals surface area contributed by atoms with E-state index >= 15 is 0 Å². The maximum absolute atomic E-state index is 5.98. The molecule has 5 nitrogen and oxygen atoms in total. The third-order valence-electron chi connectivity index (χ3n) is 4.19. The lowest BCUT2D eigenvalue weighted by Crippen LogP contribution is -2.36. The zero-order chi connectivity index (χ0) is 17.3. The van der Waals surface area contributed by atoms with Crippen LogP contribution in [0.4, 0.5) is 0 Å². The molecule has 142 valence electrons. The minimum atomic E-state index is 0. The van der Waals surface area contributed by atoms with Crippen LogP contribution in [0.3, 0.4) is 0 Å². The Bertz CT molecular complexity index is 672. The summed E-state index contributed by atoms with van der Waals surface area (Å²) >= 11 is 1.70. The molecule has 0 saturated heterocycles. The van der Waals surface area contributed by atoms with Crippen LogP contribution < -0.4 is 15.4 Å². The van der Waals surface area contributed by atoms with E-state index in [1.54, 1.807) is 11.3 Å². The lowest BCUT2D eigenvalue weighted by Gasteiger charge is -2.14. The van der Waals surface area contributed by atoms with Gasteiger partial charge in [0, 0.05) is 25.4 Å². The van der Waals surface area contributed by atoms with Gasteiger partial charge in [-0.3, -0.25) is 0 Å². The van der Waals surface area contributed by atoms with E-state index < -0.39 is 0 Å². The van der Waals surface area contributed by atoms with Crippen molar-refractivity contribution in [3.05, 3.63) is 46.3 Å². The molecule has 0 amide bonds. The number of pyridine rings is 1. The Morgan fingerprint density at radius 3 is 2.85 bits per heavy atom.